The quantitative estimate of drug-likeness (QED) is 0.436. The Bertz CT molecular complexity index is 624. The SMILES string of the molecule is Cc1[c-]c(O)c(C(=O)c2cc[c-]cc2C)cc1C.[CH3-].[Rh].[Y]. The molecule has 0 aliphatic heterocycles. The molecule has 0 saturated heterocycles. The van der Waals surface area contributed by atoms with Gasteiger partial charge >= 0.3 is 0 Å². The van der Waals surface area contributed by atoms with E-state index in [0.717, 1.165) is 16.7 Å². The van der Waals surface area contributed by atoms with Gasteiger partial charge in [-0.1, -0.05) is 26.3 Å². The van der Waals surface area contributed by atoms with Gasteiger partial charge in [-0.05, 0) is 5.56 Å². The van der Waals surface area contributed by atoms with E-state index in [-0.39, 0.29) is 71.1 Å². The minimum absolute atomic E-state index is 0. The Hall–Kier alpha value is -0.363. The van der Waals surface area contributed by atoms with Crippen molar-refractivity contribution in [2.75, 3.05) is 0 Å². The third-order valence-corrected chi connectivity index (χ3v) is 3.07. The number of hydrogen-bond acceptors (Lipinski definition) is 2. The molecule has 0 bridgehead atoms. The number of carbonyl (C=O) groups excluding carboxylic acids is 1. The Morgan fingerprint density at radius 1 is 1.14 bits per heavy atom. The first-order valence-electron chi connectivity index (χ1n) is 5.74. The van der Waals surface area contributed by atoms with Gasteiger partial charge in [-0.25, -0.2) is 0 Å². The van der Waals surface area contributed by atoms with Gasteiger partial charge in [-0.15, -0.1) is 11.6 Å². The van der Waals surface area contributed by atoms with E-state index in [4.69, 9.17) is 0 Å². The van der Waals surface area contributed by atoms with Crippen molar-refractivity contribution in [1.82, 2.24) is 0 Å². The van der Waals surface area contributed by atoms with E-state index in [1.807, 2.05) is 20.8 Å². The minimum atomic E-state index is -0.182. The Labute approximate surface area is 165 Å². The number of phenols is 1. The fourth-order valence-corrected chi connectivity index (χ4v) is 1.82. The Morgan fingerprint density at radius 2 is 1.76 bits per heavy atom. The van der Waals surface area contributed by atoms with Crippen LogP contribution in [0.15, 0.2) is 24.3 Å². The Morgan fingerprint density at radius 3 is 2.33 bits per heavy atom. The van der Waals surface area contributed by atoms with Crippen molar-refractivity contribution in [2.24, 2.45) is 0 Å². The number of phenolic OH excluding ortho intramolecular Hbond substituents is 1. The first-order valence-corrected chi connectivity index (χ1v) is 5.74. The van der Waals surface area contributed by atoms with Gasteiger partial charge in [0.2, 0.25) is 0 Å². The average Bonchev–Trinajstić information content (AvgIpc) is 2.33. The van der Waals surface area contributed by atoms with Gasteiger partial charge in [0.05, 0.1) is 0 Å². The normalized spacial score (nSPS) is 8.90. The van der Waals surface area contributed by atoms with Crippen LogP contribution in [0.25, 0.3) is 0 Å². The summed E-state index contributed by atoms with van der Waals surface area (Å²) in [5, 5.41) is 9.85. The molecule has 0 amide bonds. The molecule has 2 aromatic carbocycles. The molecule has 21 heavy (non-hydrogen) atoms. The van der Waals surface area contributed by atoms with Crippen LogP contribution in [0.3, 0.4) is 0 Å². The van der Waals surface area contributed by atoms with Crippen LogP contribution in [-0.4, -0.2) is 10.9 Å². The maximum absolute atomic E-state index is 12.4. The van der Waals surface area contributed by atoms with E-state index < -0.39 is 0 Å². The van der Waals surface area contributed by atoms with Crippen LogP contribution in [0.4, 0.5) is 0 Å². The molecule has 0 aromatic heterocycles. The summed E-state index contributed by atoms with van der Waals surface area (Å²) in [4.78, 5) is 12.4. The van der Waals surface area contributed by atoms with Crippen LogP contribution in [0, 0.1) is 40.3 Å². The van der Waals surface area contributed by atoms with Gasteiger partial charge < -0.3 is 17.3 Å². The number of ketones is 1. The van der Waals surface area contributed by atoms with Gasteiger partial charge in [0.15, 0.2) is 0 Å². The molecule has 0 saturated carbocycles. The average molecular weight is 445 g/mol. The molecule has 1 N–H and O–H groups in total. The largest absolute Gasteiger partial charge is 0.533 e. The molecule has 0 unspecified atom stereocenters. The molecular weight excluding hydrogens is 428 g/mol. The second-order valence-electron chi connectivity index (χ2n) is 4.41. The van der Waals surface area contributed by atoms with Crippen LogP contribution in [-0.2, 0) is 52.2 Å². The molecule has 0 spiro atoms. The minimum Gasteiger partial charge on any atom is -0.533 e. The monoisotopic (exact) mass is 445 g/mol. The van der Waals surface area contributed by atoms with Gasteiger partial charge in [0.1, 0.15) is 5.78 Å². The summed E-state index contributed by atoms with van der Waals surface area (Å²) in [6.07, 6.45) is 0. The molecule has 2 aromatic rings. The number of aryl methyl sites for hydroxylation is 3. The molecule has 2 rings (SSSR count). The molecule has 112 valence electrons. The molecule has 0 atom stereocenters. The predicted molar refractivity (Wildman–Crippen MR) is 76.3 cm³/mol. The van der Waals surface area contributed by atoms with Crippen molar-refractivity contribution in [3.63, 3.8) is 0 Å². The summed E-state index contributed by atoms with van der Waals surface area (Å²) in [5.74, 6) is -0.270. The summed E-state index contributed by atoms with van der Waals surface area (Å²) in [7, 11) is 0. The number of aromatic hydroxyl groups is 1. The summed E-state index contributed by atoms with van der Waals surface area (Å²) in [6.45, 7) is 5.60. The van der Waals surface area contributed by atoms with E-state index in [1.54, 1.807) is 24.3 Å². The topological polar surface area (TPSA) is 37.3 Å². The Balaban J connectivity index is 0. The second-order valence-corrected chi connectivity index (χ2v) is 4.41. The number of rotatable bonds is 2. The summed E-state index contributed by atoms with van der Waals surface area (Å²) in [5.41, 5.74) is 3.52. The van der Waals surface area contributed by atoms with Crippen LogP contribution in [0.5, 0.6) is 5.75 Å². The van der Waals surface area contributed by atoms with Crippen molar-refractivity contribution in [3.8, 4) is 5.75 Å². The van der Waals surface area contributed by atoms with Gasteiger partial charge in [-0.3, -0.25) is 0 Å². The fraction of sp³-hybridized carbons (Fsp3) is 0.176. The first-order chi connectivity index (χ1) is 8.50. The molecule has 4 heteroatoms. The number of carbonyl (C=O) groups is 1. The fourth-order valence-electron chi connectivity index (χ4n) is 1.82. The van der Waals surface area contributed by atoms with Crippen LogP contribution >= 0.6 is 0 Å². The standard InChI is InChI=1S/C16H14O2.CH3.Rh.Y/c1-10-6-4-5-7-13(10)16(18)14-8-11(2)12(3)9-15(14)17;;;/h5-8,17H,1-3H3;1H3;;/q-2;-1;;. The van der Waals surface area contributed by atoms with Crippen molar-refractivity contribution < 1.29 is 62.1 Å². The van der Waals surface area contributed by atoms with E-state index in [0.29, 0.717) is 11.1 Å². The van der Waals surface area contributed by atoms with E-state index >= 15 is 0 Å². The molecule has 2 radical (unpaired) electrons. The van der Waals surface area contributed by atoms with E-state index in [2.05, 4.69) is 12.1 Å². The summed E-state index contributed by atoms with van der Waals surface area (Å²) < 4.78 is 0. The van der Waals surface area contributed by atoms with Crippen molar-refractivity contribution in [1.29, 1.82) is 0 Å². The van der Waals surface area contributed by atoms with E-state index in [1.165, 1.54) is 0 Å². The zero-order valence-electron chi connectivity index (χ0n) is 12.6. The molecular formula is C17H17O2RhY-3. The van der Waals surface area contributed by atoms with Crippen LogP contribution in [0.2, 0.25) is 0 Å². The zero-order chi connectivity index (χ0) is 13.3. The second kappa shape index (κ2) is 9.61. The van der Waals surface area contributed by atoms with Crippen LogP contribution in [0.1, 0.15) is 32.6 Å². The van der Waals surface area contributed by atoms with Crippen molar-refractivity contribution in [3.05, 3.63) is 71.6 Å². The smallest absolute Gasteiger partial charge is 0.118 e. The number of benzene rings is 2. The Kier molecular flexibility index (Phi) is 10.5. The van der Waals surface area contributed by atoms with Crippen molar-refractivity contribution in [2.45, 2.75) is 20.8 Å². The van der Waals surface area contributed by atoms with Crippen molar-refractivity contribution >= 4 is 5.78 Å². The van der Waals surface area contributed by atoms with Gasteiger partial charge in [0, 0.05) is 57.9 Å². The third-order valence-electron chi connectivity index (χ3n) is 3.07. The maximum Gasteiger partial charge on any atom is 0.118 e. The maximum atomic E-state index is 12.4. The van der Waals surface area contributed by atoms with Gasteiger partial charge in [-0.2, -0.15) is 41.5 Å². The van der Waals surface area contributed by atoms with Crippen LogP contribution < -0.4 is 0 Å². The molecule has 0 heterocycles. The molecule has 0 fully saturated rings. The molecule has 0 aliphatic rings. The first kappa shape index (κ1) is 22.9. The zero-order valence-corrected chi connectivity index (χ0v) is 17.1. The van der Waals surface area contributed by atoms with Gasteiger partial charge in [0.25, 0.3) is 0 Å². The molecule has 0 aliphatic carbocycles. The summed E-state index contributed by atoms with van der Waals surface area (Å²) in [6, 6.07) is 12.6. The number of hydrogen-bond donors (Lipinski definition) is 1. The van der Waals surface area contributed by atoms with E-state index in [9.17, 15) is 9.90 Å². The molecule has 2 nitrogen and oxygen atoms in total. The third kappa shape index (κ3) is 5.09. The summed E-state index contributed by atoms with van der Waals surface area (Å²) >= 11 is 0. The predicted octanol–water partition coefficient (Wildman–Crippen LogP) is 3.59.